The van der Waals surface area contributed by atoms with E-state index < -0.39 is 0 Å². The number of benzene rings is 2. The van der Waals surface area contributed by atoms with Crippen LogP contribution in [0.25, 0.3) is 22.2 Å². The van der Waals surface area contributed by atoms with Crippen molar-refractivity contribution in [1.82, 2.24) is 9.97 Å². The molecule has 0 saturated carbocycles. The molecule has 2 aromatic heterocycles. The van der Waals surface area contributed by atoms with Crippen LogP contribution in [0.1, 0.15) is 11.1 Å². The Morgan fingerprint density at radius 1 is 1.00 bits per heavy atom. The van der Waals surface area contributed by atoms with Gasteiger partial charge in [-0.2, -0.15) is 0 Å². The Hall–Kier alpha value is -3.27. The van der Waals surface area contributed by atoms with Gasteiger partial charge in [0.2, 0.25) is 5.88 Å². The first-order chi connectivity index (χ1) is 13.2. The van der Waals surface area contributed by atoms with Crippen LogP contribution in [0.4, 0.5) is 0 Å². The van der Waals surface area contributed by atoms with Crippen LogP contribution in [-0.4, -0.2) is 23.7 Å². The van der Waals surface area contributed by atoms with Crippen LogP contribution in [0.5, 0.6) is 11.6 Å². The summed E-state index contributed by atoms with van der Waals surface area (Å²) in [7, 11) is 1.63. The normalized spacial score (nSPS) is 10.9. The predicted molar refractivity (Wildman–Crippen MR) is 108 cm³/mol. The van der Waals surface area contributed by atoms with Gasteiger partial charge in [-0.3, -0.25) is 0 Å². The summed E-state index contributed by atoms with van der Waals surface area (Å²) in [6, 6.07) is 20.7. The summed E-state index contributed by atoms with van der Waals surface area (Å²) in [4.78, 5) is 7.80. The fourth-order valence-corrected chi connectivity index (χ4v) is 3.30. The van der Waals surface area contributed by atoms with Crippen molar-refractivity contribution in [2.24, 2.45) is 0 Å². The molecule has 0 aliphatic rings. The first-order valence-corrected chi connectivity index (χ1v) is 9.04. The van der Waals surface area contributed by atoms with Crippen LogP contribution < -0.4 is 9.47 Å². The lowest BCUT2D eigenvalue weighted by Gasteiger charge is -2.13. The number of nitrogens with one attached hydrogen (secondary N) is 1. The molecular formula is C23H22N2O2. The van der Waals surface area contributed by atoms with Crippen LogP contribution in [0.3, 0.4) is 0 Å². The molecule has 0 atom stereocenters. The van der Waals surface area contributed by atoms with Crippen molar-refractivity contribution in [3.05, 3.63) is 78.0 Å². The number of nitrogens with zero attached hydrogens (tertiary/aromatic N) is 1. The van der Waals surface area contributed by atoms with Gasteiger partial charge in [0, 0.05) is 23.5 Å². The molecule has 0 bridgehead atoms. The second-order valence-electron chi connectivity index (χ2n) is 6.55. The molecule has 0 saturated heterocycles. The minimum absolute atomic E-state index is 0.551. The molecule has 4 aromatic rings. The molecule has 2 heterocycles. The molecule has 4 heteroatoms. The molecule has 0 aliphatic carbocycles. The van der Waals surface area contributed by atoms with Crippen molar-refractivity contribution in [3.63, 3.8) is 0 Å². The minimum atomic E-state index is 0.551. The zero-order valence-electron chi connectivity index (χ0n) is 15.5. The van der Waals surface area contributed by atoms with E-state index in [0.717, 1.165) is 34.3 Å². The zero-order valence-corrected chi connectivity index (χ0v) is 15.5. The first kappa shape index (κ1) is 17.2. The lowest BCUT2D eigenvalue weighted by atomic mass is 10.1. The molecule has 0 fully saturated rings. The van der Waals surface area contributed by atoms with Gasteiger partial charge in [-0.25, -0.2) is 4.98 Å². The lowest BCUT2D eigenvalue weighted by Crippen LogP contribution is -2.04. The highest BCUT2D eigenvalue weighted by Crippen LogP contribution is 2.37. The van der Waals surface area contributed by atoms with Crippen LogP contribution in [0.2, 0.25) is 0 Å². The molecule has 2 aromatic carbocycles. The molecular weight excluding hydrogens is 336 g/mol. The van der Waals surface area contributed by atoms with Crippen molar-refractivity contribution in [2.75, 3.05) is 13.7 Å². The highest BCUT2D eigenvalue weighted by atomic mass is 16.5. The topological polar surface area (TPSA) is 47.1 Å². The maximum atomic E-state index is 6.13. The van der Waals surface area contributed by atoms with Gasteiger partial charge in [0.25, 0.3) is 0 Å². The van der Waals surface area contributed by atoms with Gasteiger partial charge in [0.15, 0.2) is 0 Å². The SMILES string of the molecule is COc1nccc(OCCc2cccc(C)c2)c1-c1cc2ccccc2[nH]1. The molecule has 4 nitrogen and oxygen atoms in total. The minimum Gasteiger partial charge on any atom is -0.492 e. The van der Waals surface area contributed by atoms with Crippen molar-refractivity contribution in [3.8, 4) is 22.9 Å². The van der Waals surface area contributed by atoms with E-state index in [-0.39, 0.29) is 0 Å². The fraction of sp³-hybridized carbons (Fsp3) is 0.174. The molecule has 0 amide bonds. The number of ether oxygens (including phenoxy) is 2. The van der Waals surface area contributed by atoms with E-state index in [2.05, 4.69) is 59.4 Å². The molecule has 1 N–H and O–H groups in total. The highest BCUT2D eigenvalue weighted by molar-refractivity contribution is 5.88. The molecule has 0 aliphatic heterocycles. The monoisotopic (exact) mass is 358 g/mol. The van der Waals surface area contributed by atoms with E-state index >= 15 is 0 Å². The van der Waals surface area contributed by atoms with Gasteiger partial charge in [0.1, 0.15) is 11.3 Å². The van der Waals surface area contributed by atoms with Gasteiger partial charge >= 0.3 is 0 Å². The summed E-state index contributed by atoms with van der Waals surface area (Å²) in [5.41, 5.74) is 5.39. The maximum Gasteiger partial charge on any atom is 0.226 e. The number of aromatic amines is 1. The molecule has 0 unspecified atom stereocenters. The summed E-state index contributed by atoms with van der Waals surface area (Å²) in [5, 5.41) is 1.14. The molecule has 136 valence electrons. The average Bonchev–Trinajstić information content (AvgIpc) is 3.11. The molecule has 4 rings (SSSR count). The maximum absolute atomic E-state index is 6.13. The third-order valence-corrected chi connectivity index (χ3v) is 4.60. The number of methoxy groups -OCH3 is 1. The quantitative estimate of drug-likeness (QED) is 0.517. The van der Waals surface area contributed by atoms with E-state index in [1.54, 1.807) is 13.3 Å². The fourth-order valence-electron chi connectivity index (χ4n) is 3.30. The highest BCUT2D eigenvalue weighted by Gasteiger charge is 2.16. The second-order valence-corrected chi connectivity index (χ2v) is 6.55. The molecule has 27 heavy (non-hydrogen) atoms. The van der Waals surface area contributed by atoms with E-state index in [0.29, 0.717) is 12.5 Å². The number of para-hydroxylation sites is 1. The summed E-state index contributed by atoms with van der Waals surface area (Å²) >= 11 is 0. The summed E-state index contributed by atoms with van der Waals surface area (Å²) in [6.45, 7) is 2.69. The van der Waals surface area contributed by atoms with Crippen LogP contribution in [0, 0.1) is 6.92 Å². The summed E-state index contributed by atoms with van der Waals surface area (Å²) in [6.07, 6.45) is 2.56. The van der Waals surface area contributed by atoms with Gasteiger partial charge in [-0.05, 0) is 30.7 Å². The third-order valence-electron chi connectivity index (χ3n) is 4.60. The van der Waals surface area contributed by atoms with E-state index in [4.69, 9.17) is 9.47 Å². The van der Waals surface area contributed by atoms with Crippen molar-refractivity contribution in [1.29, 1.82) is 0 Å². The van der Waals surface area contributed by atoms with Crippen molar-refractivity contribution >= 4 is 10.9 Å². The average molecular weight is 358 g/mol. The standard InChI is InChI=1S/C23H22N2O2/c1-16-6-5-7-17(14-16)11-13-27-21-10-12-24-23(26-2)22(21)20-15-18-8-3-4-9-19(18)25-20/h3-10,12,14-15,25H,11,13H2,1-2H3. The number of H-pyrrole nitrogens is 1. The lowest BCUT2D eigenvalue weighted by molar-refractivity contribution is 0.319. The number of pyridine rings is 1. The largest absolute Gasteiger partial charge is 0.492 e. The summed E-state index contributed by atoms with van der Waals surface area (Å²) in [5.74, 6) is 1.32. The first-order valence-electron chi connectivity index (χ1n) is 9.04. The van der Waals surface area contributed by atoms with Gasteiger partial charge in [-0.1, -0.05) is 48.0 Å². The number of hydrogen-bond acceptors (Lipinski definition) is 3. The Labute approximate surface area is 158 Å². The van der Waals surface area contributed by atoms with Crippen molar-refractivity contribution < 1.29 is 9.47 Å². The number of aryl methyl sites for hydroxylation is 1. The number of rotatable bonds is 6. The van der Waals surface area contributed by atoms with Crippen LogP contribution >= 0.6 is 0 Å². The second kappa shape index (κ2) is 7.54. The van der Waals surface area contributed by atoms with E-state index in [1.807, 2.05) is 18.2 Å². The van der Waals surface area contributed by atoms with Gasteiger partial charge in [0.05, 0.1) is 19.4 Å². The molecule has 0 spiro atoms. The van der Waals surface area contributed by atoms with E-state index in [1.165, 1.54) is 11.1 Å². The van der Waals surface area contributed by atoms with Crippen LogP contribution in [0.15, 0.2) is 66.9 Å². The van der Waals surface area contributed by atoms with Crippen molar-refractivity contribution in [2.45, 2.75) is 13.3 Å². The number of hydrogen-bond donors (Lipinski definition) is 1. The smallest absolute Gasteiger partial charge is 0.226 e. The van der Waals surface area contributed by atoms with E-state index in [9.17, 15) is 0 Å². The van der Waals surface area contributed by atoms with Crippen LogP contribution in [-0.2, 0) is 6.42 Å². The summed E-state index contributed by atoms with van der Waals surface area (Å²) < 4.78 is 11.6. The Balaban J connectivity index is 1.62. The van der Waals surface area contributed by atoms with Gasteiger partial charge < -0.3 is 14.5 Å². The molecule has 0 radical (unpaired) electrons. The number of aromatic nitrogens is 2. The Morgan fingerprint density at radius 2 is 1.89 bits per heavy atom. The number of fused-ring (bicyclic) bond motifs is 1. The third kappa shape index (κ3) is 3.65. The predicted octanol–water partition coefficient (Wildman–Crippen LogP) is 5.17. The Bertz CT molecular complexity index is 1040. The Kier molecular flexibility index (Phi) is 4.79. The zero-order chi connectivity index (χ0) is 18.6. The Morgan fingerprint density at radius 3 is 2.70 bits per heavy atom. The van der Waals surface area contributed by atoms with Gasteiger partial charge in [-0.15, -0.1) is 0 Å².